The van der Waals surface area contributed by atoms with Crippen molar-refractivity contribution < 1.29 is 24.3 Å². The highest BCUT2D eigenvalue weighted by Gasteiger charge is 2.51. The Hall–Kier alpha value is -3.65. The molecule has 0 unspecified atom stereocenters. The lowest BCUT2D eigenvalue weighted by atomic mass is 9.82. The largest absolute Gasteiger partial charge is 0.481 e. The molecule has 4 N–H and O–H groups in total. The van der Waals surface area contributed by atoms with Gasteiger partial charge in [-0.15, -0.1) is 0 Å². The molecule has 9 heteroatoms. The van der Waals surface area contributed by atoms with Gasteiger partial charge in [0.05, 0.1) is 11.8 Å². The molecule has 2 aliphatic rings. The van der Waals surface area contributed by atoms with Crippen LogP contribution in [0.2, 0.25) is 5.02 Å². The van der Waals surface area contributed by atoms with Crippen molar-refractivity contribution in [3.63, 3.8) is 0 Å². The highest BCUT2D eigenvalue weighted by molar-refractivity contribution is 6.30. The molecule has 164 valence electrons. The lowest BCUT2D eigenvalue weighted by Crippen LogP contribution is -2.48. The Bertz CT molecular complexity index is 1100. The summed E-state index contributed by atoms with van der Waals surface area (Å²) in [6.45, 7) is 0. The minimum Gasteiger partial charge on any atom is -0.481 e. The minimum atomic E-state index is -1.01. The number of rotatable bonds is 5. The molecule has 2 aromatic rings. The molecule has 32 heavy (non-hydrogen) atoms. The Labute approximate surface area is 188 Å². The molecule has 4 atom stereocenters. The number of benzene rings is 2. The van der Waals surface area contributed by atoms with Gasteiger partial charge in [-0.1, -0.05) is 23.8 Å². The van der Waals surface area contributed by atoms with E-state index in [0.717, 1.165) is 0 Å². The van der Waals surface area contributed by atoms with Crippen molar-refractivity contribution in [1.29, 1.82) is 0 Å². The molecule has 0 spiro atoms. The highest BCUT2D eigenvalue weighted by atomic mass is 35.5. The lowest BCUT2D eigenvalue weighted by Gasteiger charge is -2.23. The Morgan fingerprint density at radius 1 is 0.781 bits per heavy atom. The second kappa shape index (κ2) is 8.84. The van der Waals surface area contributed by atoms with Gasteiger partial charge in [0.25, 0.3) is 11.8 Å². The number of carbonyl (C=O) groups excluding carboxylic acids is 3. The van der Waals surface area contributed by atoms with E-state index in [-0.39, 0.29) is 23.3 Å². The molecular formula is C23H20ClN3O5. The zero-order valence-electron chi connectivity index (χ0n) is 16.7. The standard InChI is InChI=1S/C23H20ClN3O5/c24-16-7-3-12(4-8-16)20(28)25-17-9-5-13(6-10-17)21(29)26-27-22(30)18-14-1-2-15(11-14)19(18)23(31)32/h1-10,14-15,18-19H,11H2,(H,25,28)(H,26,29)(H,27,30)(H,31,32)/t14-,15-,18-,19+/m0/s1. The van der Waals surface area contributed by atoms with E-state index in [1.165, 1.54) is 12.1 Å². The number of fused-ring (bicyclic) bond motifs is 2. The molecule has 2 aromatic carbocycles. The summed E-state index contributed by atoms with van der Waals surface area (Å²) in [5, 5.41) is 12.7. The van der Waals surface area contributed by atoms with Crippen molar-refractivity contribution in [2.75, 3.05) is 5.32 Å². The van der Waals surface area contributed by atoms with Crippen LogP contribution < -0.4 is 16.2 Å². The number of hydrogen-bond donors (Lipinski definition) is 4. The predicted molar refractivity (Wildman–Crippen MR) is 117 cm³/mol. The number of anilines is 1. The van der Waals surface area contributed by atoms with Crippen molar-refractivity contribution in [3.05, 3.63) is 76.8 Å². The van der Waals surface area contributed by atoms with Crippen LogP contribution in [0.1, 0.15) is 27.1 Å². The van der Waals surface area contributed by atoms with Crippen LogP contribution in [-0.4, -0.2) is 28.8 Å². The normalized spacial score (nSPS) is 22.9. The summed E-state index contributed by atoms with van der Waals surface area (Å²) in [5.41, 5.74) is 5.87. The van der Waals surface area contributed by atoms with Crippen LogP contribution in [0.4, 0.5) is 5.69 Å². The van der Waals surface area contributed by atoms with E-state index in [1.807, 2.05) is 12.2 Å². The van der Waals surface area contributed by atoms with Crippen LogP contribution in [0.25, 0.3) is 0 Å². The number of hydrogen-bond acceptors (Lipinski definition) is 4. The first-order chi connectivity index (χ1) is 15.3. The molecular weight excluding hydrogens is 434 g/mol. The topological polar surface area (TPSA) is 125 Å². The SMILES string of the molecule is O=C(NNC(=O)[C@@H]1[C@H](C(=O)O)[C@H]2C=C[C@H]1C2)c1ccc(NC(=O)c2ccc(Cl)cc2)cc1. The first kappa shape index (κ1) is 21.6. The van der Waals surface area contributed by atoms with Crippen LogP contribution >= 0.6 is 11.6 Å². The number of carbonyl (C=O) groups is 4. The van der Waals surface area contributed by atoms with Crippen LogP contribution in [0.15, 0.2) is 60.7 Å². The molecule has 0 heterocycles. The second-order valence-electron chi connectivity index (χ2n) is 7.82. The molecule has 8 nitrogen and oxygen atoms in total. The molecule has 4 rings (SSSR count). The van der Waals surface area contributed by atoms with Crippen molar-refractivity contribution in [1.82, 2.24) is 10.9 Å². The van der Waals surface area contributed by atoms with Gasteiger partial charge in [-0.25, -0.2) is 0 Å². The van der Waals surface area contributed by atoms with Crippen LogP contribution in [-0.2, 0) is 9.59 Å². The fourth-order valence-corrected chi connectivity index (χ4v) is 4.43. The molecule has 2 bridgehead atoms. The molecule has 1 saturated carbocycles. The van der Waals surface area contributed by atoms with Crippen LogP contribution in [0.5, 0.6) is 0 Å². The van der Waals surface area contributed by atoms with Gasteiger partial charge >= 0.3 is 5.97 Å². The maximum atomic E-state index is 12.5. The first-order valence-corrected chi connectivity index (χ1v) is 10.4. The summed E-state index contributed by atoms with van der Waals surface area (Å²) in [4.78, 5) is 48.7. The van der Waals surface area contributed by atoms with Gasteiger partial charge in [-0.05, 0) is 66.8 Å². The van der Waals surface area contributed by atoms with Crippen LogP contribution in [0.3, 0.4) is 0 Å². The molecule has 0 radical (unpaired) electrons. The zero-order chi connectivity index (χ0) is 22.8. The average Bonchev–Trinajstić information content (AvgIpc) is 3.40. The lowest BCUT2D eigenvalue weighted by molar-refractivity contribution is -0.148. The molecule has 1 fully saturated rings. The number of halogens is 1. The summed E-state index contributed by atoms with van der Waals surface area (Å²) >= 11 is 5.82. The summed E-state index contributed by atoms with van der Waals surface area (Å²) in [6, 6.07) is 12.6. The molecule has 0 aromatic heterocycles. The number of aliphatic carboxylic acids is 1. The summed E-state index contributed by atoms with van der Waals surface area (Å²) in [7, 11) is 0. The monoisotopic (exact) mass is 453 g/mol. The van der Waals surface area contributed by atoms with Crippen molar-refractivity contribution in [2.45, 2.75) is 6.42 Å². The smallest absolute Gasteiger partial charge is 0.307 e. The number of carboxylic acid groups (broad SMARTS) is 1. The molecule has 0 aliphatic heterocycles. The highest BCUT2D eigenvalue weighted by Crippen LogP contribution is 2.48. The Morgan fingerprint density at radius 2 is 1.34 bits per heavy atom. The van der Waals surface area contributed by atoms with E-state index in [1.54, 1.807) is 36.4 Å². The van der Waals surface area contributed by atoms with E-state index < -0.39 is 29.6 Å². The van der Waals surface area contributed by atoms with Crippen LogP contribution in [0, 0.1) is 23.7 Å². The third-order valence-electron chi connectivity index (χ3n) is 5.86. The Balaban J connectivity index is 1.32. The maximum Gasteiger partial charge on any atom is 0.307 e. The summed E-state index contributed by atoms with van der Waals surface area (Å²) < 4.78 is 0. The fourth-order valence-electron chi connectivity index (χ4n) is 4.30. The molecule has 0 saturated heterocycles. The van der Waals surface area contributed by atoms with E-state index in [2.05, 4.69) is 16.2 Å². The number of allylic oxidation sites excluding steroid dienone is 2. The minimum absolute atomic E-state index is 0.137. The van der Waals surface area contributed by atoms with Gasteiger partial charge in [0.1, 0.15) is 0 Å². The third-order valence-corrected chi connectivity index (χ3v) is 6.11. The van der Waals surface area contributed by atoms with E-state index >= 15 is 0 Å². The third kappa shape index (κ3) is 4.36. The van der Waals surface area contributed by atoms with E-state index in [9.17, 15) is 24.3 Å². The van der Waals surface area contributed by atoms with Gasteiger partial charge in [0.2, 0.25) is 5.91 Å². The zero-order valence-corrected chi connectivity index (χ0v) is 17.5. The Kier molecular flexibility index (Phi) is 5.96. The van der Waals surface area contributed by atoms with Gasteiger partial charge in [0.15, 0.2) is 0 Å². The number of nitrogens with one attached hydrogen (secondary N) is 3. The van der Waals surface area contributed by atoms with Crippen molar-refractivity contribution in [3.8, 4) is 0 Å². The molecule has 2 aliphatic carbocycles. The molecule has 3 amide bonds. The predicted octanol–water partition coefficient (Wildman–Crippen LogP) is 2.88. The number of carboxylic acids is 1. The van der Waals surface area contributed by atoms with Gasteiger partial charge < -0.3 is 10.4 Å². The summed E-state index contributed by atoms with van der Waals surface area (Å²) in [5.74, 6) is -4.20. The van der Waals surface area contributed by atoms with E-state index in [4.69, 9.17) is 11.6 Å². The maximum absolute atomic E-state index is 12.5. The van der Waals surface area contributed by atoms with E-state index in [0.29, 0.717) is 22.7 Å². The fraction of sp³-hybridized carbons (Fsp3) is 0.217. The number of hydrazine groups is 1. The number of amides is 3. The van der Waals surface area contributed by atoms with Gasteiger partial charge in [-0.3, -0.25) is 30.0 Å². The van der Waals surface area contributed by atoms with Crippen molar-refractivity contribution in [2.24, 2.45) is 23.7 Å². The van der Waals surface area contributed by atoms with Crippen molar-refractivity contribution >= 4 is 41.0 Å². The second-order valence-corrected chi connectivity index (χ2v) is 8.26. The quantitative estimate of drug-likeness (QED) is 0.409. The average molecular weight is 454 g/mol. The first-order valence-electron chi connectivity index (χ1n) is 10.0. The van der Waals surface area contributed by atoms with Gasteiger partial charge in [0, 0.05) is 21.8 Å². The van der Waals surface area contributed by atoms with Gasteiger partial charge in [-0.2, -0.15) is 0 Å². The Morgan fingerprint density at radius 3 is 1.97 bits per heavy atom. The summed E-state index contributed by atoms with van der Waals surface area (Å²) in [6.07, 6.45) is 4.35.